The molecule has 1 fully saturated rings. The first-order chi connectivity index (χ1) is 13.7. The number of hydrogen-bond acceptors (Lipinski definition) is 5. The third-order valence-electron chi connectivity index (χ3n) is 5.06. The van der Waals surface area contributed by atoms with Gasteiger partial charge in [-0.05, 0) is 43.2 Å². The summed E-state index contributed by atoms with van der Waals surface area (Å²) >= 11 is 0. The molecule has 0 saturated carbocycles. The molecule has 0 bridgehead atoms. The minimum absolute atomic E-state index is 0.112. The molecule has 0 spiro atoms. The third kappa shape index (κ3) is 4.07. The number of nitrogens with two attached hydrogens (primary N) is 1. The first-order valence-corrected chi connectivity index (χ1v) is 9.05. The maximum Gasteiger partial charge on any atom is 0.256 e. The maximum atomic E-state index is 14.5. The minimum Gasteiger partial charge on any atom is -0.396 e. The lowest BCUT2D eigenvalue weighted by atomic mass is 9.84. The summed E-state index contributed by atoms with van der Waals surface area (Å²) in [5, 5.41) is 21.8. The second kappa shape index (κ2) is 8.02. The molecule has 9 heteroatoms. The van der Waals surface area contributed by atoms with E-state index in [4.69, 9.17) is 10.8 Å². The van der Waals surface area contributed by atoms with Gasteiger partial charge in [-0.15, -0.1) is 0 Å². The zero-order chi connectivity index (χ0) is 21.3. The molecule has 1 saturated heterocycles. The number of amides is 1. The summed E-state index contributed by atoms with van der Waals surface area (Å²) in [5.74, 6) is -3.86. The van der Waals surface area contributed by atoms with Crippen molar-refractivity contribution in [2.45, 2.75) is 25.0 Å². The second-order valence-electron chi connectivity index (χ2n) is 7.28. The van der Waals surface area contributed by atoms with Gasteiger partial charge in [-0.1, -0.05) is 6.07 Å². The van der Waals surface area contributed by atoms with Crippen LogP contribution >= 0.6 is 0 Å². The number of anilines is 2. The molecular formula is C20H22F3N3O3. The zero-order valence-electron chi connectivity index (χ0n) is 15.8. The van der Waals surface area contributed by atoms with Gasteiger partial charge < -0.3 is 26.2 Å². The van der Waals surface area contributed by atoms with E-state index in [0.29, 0.717) is 5.56 Å². The number of rotatable bonds is 6. The SMILES string of the molecule is Cc1ccc(Nc2c(C(=O)N3CC(O)(C(N)CCO)C3)ccc(F)c2F)c(F)c1. The van der Waals surface area contributed by atoms with Crippen LogP contribution in [-0.2, 0) is 0 Å². The highest BCUT2D eigenvalue weighted by Crippen LogP contribution is 2.32. The summed E-state index contributed by atoms with van der Waals surface area (Å²) in [7, 11) is 0. The third-order valence-corrected chi connectivity index (χ3v) is 5.06. The van der Waals surface area contributed by atoms with E-state index in [9.17, 15) is 23.1 Å². The molecule has 6 nitrogen and oxygen atoms in total. The van der Waals surface area contributed by atoms with Gasteiger partial charge in [-0.25, -0.2) is 13.2 Å². The molecular weight excluding hydrogens is 387 g/mol. The van der Waals surface area contributed by atoms with Crippen LogP contribution in [0.5, 0.6) is 0 Å². The Hall–Kier alpha value is -2.62. The van der Waals surface area contributed by atoms with Crippen LogP contribution < -0.4 is 11.1 Å². The normalized spacial score (nSPS) is 16.3. The average Bonchev–Trinajstić information content (AvgIpc) is 2.64. The Morgan fingerprint density at radius 1 is 1.24 bits per heavy atom. The summed E-state index contributed by atoms with van der Waals surface area (Å²) in [6.45, 7) is 1.22. The van der Waals surface area contributed by atoms with Crippen LogP contribution in [0.4, 0.5) is 24.5 Å². The van der Waals surface area contributed by atoms with Gasteiger partial charge in [0.15, 0.2) is 11.6 Å². The number of aliphatic hydroxyl groups is 2. The Morgan fingerprint density at radius 3 is 2.55 bits per heavy atom. The Balaban J connectivity index is 1.87. The molecule has 0 radical (unpaired) electrons. The minimum atomic E-state index is -1.37. The Labute approximate surface area is 165 Å². The fourth-order valence-electron chi connectivity index (χ4n) is 3.28. The summed E-state index contributed by atoms with van der Waals surface area (Å²) in [5.41, 5.74) is 4.28. The van der Waals surface area contributed by atoms with Gasteiger partial charge in [0.05, 0.1) is 30.0 Å². The molecule has 2 aromatic rings. The molecule has 3 rings (SSSR count). The summed E-state index contributed by atoms with van der Waals surface area (Å²) < 4.78 is 42.4. The van der Waals surface area contributed by atoms with Crippen LogP contribution in [0.15, 0.2) is 30.3 Å². The largest absolute Gasteiger partial charge is 0.396 e. The van der Waals surface area contributed by atoms with E-state index in [1.54, 1.807) is 13.0 Å². The average molecular weight is 409 g/mol. The van der Waals surface area contributed by atoms with E-state index < -0.39 is 40.7 Å². The van der Waals surface area contributed by atoms with Crippen molar-refractivity contribution in [3.8, 4) is 0 Å². The van der Waals surface area contributed by atoms with Crippen molar-refractivity contribution < 1.29 is 28.2 Å². The van der Waals surface area contributed by atoms with Gasteiger partial charge >= 0.3 is 0 Å². The van der Waals surface area contributed by atoms with Crippen LogP contribution in [-0.4, -0.2) is 52.4 Å². The number of nitrogens with zero attached hydrogens (tertiary/aromatic N) is 1. The van der Waals surface area contributed by atoms with Gasteiger partial charge in [-0.3, -0.25) is 4.79 Å². The molecule has 0 aliphatic carbocycles. The van der Waals surface area contributed by atoms with Gasteiger partial charge in [0.1, 0.15) is 11.4 Å². The lowest BCUT2D eigenvalue weighted by Crippen LogP contribution is -2.70. The summed E-state index contributed by atoms with van der Waals surface area (Å²) in [4.78, 5) is 14.0. The first kappa shape index (κ1) is 21.1. The van der Waals surface area contributed by atoms with Crippen LogP contribution in [0.3, 0.4) is 0 Å². The number of hydrogen-bond donors (Lipinski definition) is 4. The van der Waals surface area contributed by atoms with Crippen molar-refractivity contribution in [2.75, 3.05) is 25.0 Å². The van der Waals surface area contributed by atoms with E-state index in [1.165, 1.54) is 17.0 Å². The Bertz CT molecular complexity index is 933. The Kier molecular flexibility index (Phi) is 5.83. The molecule has 1 heterocycles. The first-order valence-electron chi connectivity index (χ1n) is 9.05. The standard InChI is InChI=1S/C20H22F3N3O3/c1-11-2-5-15(14(22)8-11)25-18-12(3-4-13(21)17(18)23)19(28)26-9-20(29,10-26)16(24)6-7-27/h2-5,8,16,25,27,29H,6-7,9-10,24H2,1H3. The maximum absolute atomic E-state index is 14.5. The van der Waals surface area contributed by atoms with Crippen LogP contribution in [0.1, 0.15) is 22.3 Å². The molecule has 0 aromatic heterocycles. The molecule has 29 heavy (non-hydrogen) atoms. The second-order valence-corrected chi connectivity index (χ2v) is 7.28. The summed E-state index contributed by atoms with van der Waals surface area (Å²) in [6, 6.07) is 5.34. The molecule has 1 aliphatic heterocycles. The van der Waals surface area contributed by atoms with E-state index in [-0.39, 0.29) is 37.4 Å². The van der Waals surface area contributed by atoms with Gasteiger partial charge in [0.25, 0.3) is 5.91 Å². The number of nitrogens with one attached hydrogen (secondary N) is 1. The molecule has 5 N–H and O–H groups in total. The Morgan fingerprint density at radius 2 is 1.93 bits per heavy atom. The quantitative estimate of drug-likeness (QED) is 0.585. The highest BCUT2D eigenvalue weighted by atomic mass is 19.2. The monoisotopic (exact) mass is 409 g/mol. The van der Waals surface area contributed by atoms with Crippen molar-refractivity contribution in [1.82, 2.24) is 4.90 Å². The highest BCUT2D eigenvalue weighted by Gasteiger charge is 2.48. The van der Waals surface area contributed by atoms with Crippen molar-refractivity contribution in [3.63, 3.8) is 0 Å². The fraction of sp³-hybridized carbons (Fsp3) is 0.350. The smallest absolute Gasteiger partial charge is 0.256 e. The number of β-amino-alcohol motifs (C(OH)–C–C–N with tert-alkyl or cyclic N) is 1. The molecule has 1 unspecified atom stereocenters. The van der Waals surface area contributed by atoms with E-state index >= 15 is 0 Å². The number of likely N-dealkylation sites (tertiary alicyclic amines) is 1. The fourth-order valence-corrected chi connectivity index (χ4v) is 3.28. The van der Waals surface area contributed by atoms with Gasteiger partial charge in [0, 0.05) is 12.6 Å². The predicted molar refractivity (Wildman–Crippen MR) is 101 cm³/mol. The van der Waals surface area contributed by atoms with Crippen molar-refractivity contribution in [2.24, 2.45) is 5.73 Å². The van der Waals surface area contributed by atoms with Gasteiger partial charge in [-0.2, -0.15) is 0 Å². The number of aryl methyl sites for hydroxylation is 1. The predicted octanol–water partition coefficient (Wildman–Crippen LogP) is 2.05. The lowest BCUT2D eigenvalue weighted by molar-refractivity contribution is -0.0996. The van der Waals surface area contributed by atoms with Gasteiger partial charge in [0.2, 0.25) is 0 Å². The molecule has 1 atom stereocenters. The number of carbonyl (C=O) groups excluding carboxylic acids is 1. The number of carbonyl (C=O) groups is 1. The van der Waals surface area contributed by atoms with E-state index in [0.717, 1.165) is 12.1 Å². The molecule has 2 aromatic carbocycles. The number of halogens is 3. The molecule has 1 aliphatic rings. The van der Waals surface area contributed by atoms with Crippen LogP contribution in [0, 0.1) is 24.4 Å². The van der Waals surface area contributed by atoms with Crippen molar-refractivity contribution >= 4 is 17.3 Å². The highest BCUT2D eigenvalue weighted by molar-refractivity contribution is 6.01. The van der Waals surface area contributed by atoms with Crippen molar-refractivity contribution in [3.05, 3.63) is 58.9 Å². The topological polar surface area (TPSA) is 98.8 Å². The number of benzene rings is 2. The lowest BCUT2D eigenvalue weighted by Gasteiger charge is -2.49. The van der Waals surface area contributed by atoms with E-state index in [2.05, 4.69) is 5.32 Å². The van der Waals surface area contributed by atoms with Crippen molar-refractivity contribution in [1.29, 1.82) is 0 Å². The van der Waals surface area contributed by atoms with Crippen LogP contribution in [0.2, 0.25) is 0 Å². The van der Waals surface area contributed by atoms with Crippen LogP contribution in [0.25, 0.3) is 0 Å². The summed E-state index contributed by atoms with van der Waals surface area (Å²) in [6.07, 6.45) is 0.156. The van der Waals surface area contributed by atoms with E-state index in [1.807, 2.05) is 0 Å². The number of aliphatic hydroxyl groups excluding tert-OH is 1. The molecule has 1 amide bonds. The molecule has 156 valence electrons. The zero-order valence-corrected chi connectivity index (χ0v) is 15.8.